The molecule has 0 saturated carbocycles. The van der Waals surface area contributed by atoms with Gasteiger partial charge in [-0.25, -0.2) is 13.1 Å². The van der Waals surface area contributed by atoms with Gasteiger partial charge in [0.25, 0.3) is 5.91 Å². The molecule has 1 fully saturated rings. The minimum absolute atomic E-state index is 0.147. The van der Waals surface area contributed by atoms with Crippen LogP contribution in [0.15, 0.2) is 42.5 Å². The molecule has 2 aliphatic heterocycles. The number of rotatable bonds is 3. The van der Waals surface area contributed by atoms with Crippen molar-refractivity contribution in [1.82, 2.24) is 9.62 Å². The van der Waals surface area contributed by atoms with Crippen LogP contribution in [0.4, 0.5) is 5.69 Å². The van der Waals surface area contributed by atoms with Crippen LogP contribution < -0.4 is 10.0 Å². The maximum Gasteiger partial charge on any atom is 0.256 e. The second-order valence-corrected chi connectivity index (χ2v) is 9.27. The van der Waals surface area contributed by atoms with Crippen molar-refractivity contribution in [3.8, 4) is 11.1 Å². The van der Waals surface area contributed by atoms with E-state index in [1.165, 1.54) is 4.90 Å². The molecule has 28 heavy (non-hydrogen) atoms. The number of benzene rings is 2. The highest BCUT2D eigenvalue weighted by atomic mass is 35.5. The molecule has 0 aliphatic carbocycles. The molecule has 9 heteroatoms. The highest BCUT2D eigenvalue weighted by Crippen LogP contribution is 2.32. The number of anilines is 1. The normalized spacial score (nSPS) is 21.7. The first-order valence-electron chi connectivity index (χ1n) is 8.70. The van der Waals surface area contributed by atoms with Gasteiger partial charge in [0.05, 0.1) is 17.5 Å². The number of hydrogen-bond acceptors (Lipinski definition) is 4. The summed E-state index contributed by atoms with van der Waals surface area (Å²) < 4.78 is 25.5. The fraction of sp³-hybridized carbons (Fsp3) is 0.263. The number of halogens is 1. The van der Waals surface area contributed by atoms with Gasteiger partial charge >= 0.3 is 0 Å². The van der Waals surface area contributed by atoms with E-state index in [1.807, 2.05) is 18.2 Å². The number of amides is 2. The van der Waals surface area contributed by atoms with Gasteiger partial charge in [-0.05, 0) is 41.8 Å². The van der Waals surface area contributed by atoms with E-state index in [4.69, 9.17) is 11.6 Å². The third-order valence-electron chi connectivity index (χ3n) is 4.93. The smallest absolute Gasteiger partial charge is 0.256 e. The first kappa shape index (κ1) is 18.9. The molecule has 0 bridgehead atoms. The van der Waals surface area contributed by atoms with Crippen molar-refractivity contribution in [2.75, 3.05) is 18.1 Å². The number of nitrogens with one attached hydrogen (secondary N) is 2. The highest BCUT2D eigenvalue weighted by Gasteiger charge is 2.43. The molecule has 1 saturated heterocycles. The number of fused-ring (bicyclic) bond motifs is 2. The quantitative estimate of drug-likeness (QED) is 0.796. The van der Waals surface area contributed by atoms with E-state index in [2.05, 4.69) is 10.0 Å². The predicted octanol–water partition coefficient (Wildman–Crippen LogP) is 2.09. The average molecular weight is 420 g/mol. The van der Waals surface area contributed by atoms with Crippen molar-refractivity contribution in [3.05, 3.63) is 53.1 Å². The molecular formula is C19H18ClN3O4S. The summed E-state index contributed by atoms with van der Waals surface area (Å²) in [5.41, 5.74) is 2.55. The van der Waals surface area contributed by atoms with Gasteiger partial charge in [-0.15, -0.1) is 0 Å². The summed E-state index contributed by atoms with van der Waals surface area (Å²) in [4.78, 5) is 27.2. The van der Waals surface area contributed by atoms with Crippen molar-refractivity contribution < 1.29 is 18.0 Å². The van der Waals surface area contributed by atoms with Crippen molar-refractivity contribution in [2.45, 2.75) is 18.5 Å². The number of carbonyl (C=O) groups excluding carboxylic acids is 2. The number of hydrogen-bond donors (Lipinski definition) is 2. The summed E-state index contributed by atoms with van der Waals surface area (Å²) in [5.74, 6) is -0.615. The average Bonchev–Trinajstić information content (AvgIpc) is 3.00. The Bertz CT molecular complexity index is 1070. The summed E-state index contributed by atoms with van der Waals surface area (Å²) in [6.07, 6.45) is 1.30. The molecule has 2 heterocycles. The van der Waals surface area contributed by atoms with E-state index in [9.17, 15) is 18.0 Å². The molecule has 2 atom stereocenters. The van der Waals surface area contributed by atoms with Crippen molar-refractivity contribution in [2.24, 2.45) is 0 Å². The minimum atomic E-state index is -3.43. The van der Waals surface area contributed by atoms with Crippen LogP contribution in [0.2, 0.25) is 5.02 Å². The monoisotopic (exact) mass is 419 g/mol. The van der Waals surface area contributed by atoms with Gasteiger partial charge in [0, 0.05) is 17.6 Å². The Hall–Kier alpha value is -2.42. The maximum absolute atomic E-state index is 13.1. The standard InChI is InChI=1S/C19H18ClN3O4S/c1-28(26,27)22-14-9-17-18(24)21-16-7-4-12(11-2-5-13(20)6-3-11)8-15(16)19(25)23(17)10-14/h2-8,14,17,22H,9-10H2,1H3,(H,21,24)/t14-,17-/m0/s1. The lowest BCUT2D eigenvalue weighted by atomic mass is 10.0. The van der Waals surface area contributed by atoms with Crippen LogP contribution in [-0.4, -0.2) is 50.0 Å². The number of carbonyl (C=O) groups is 2. The Morgan fingerprint density at radius 3 is 2.46 bits per heavy atom. The van der Waals surface area contributed by atoms with E-state index in [-0.39, 0.29) is 24.8 Å². The Morgan fingerprint density at radius 2 is 1.79 bits per heavy atom. The van der Waals surface area contributed by atoms with Gasteiger partial charge in [-0.2, -0.15) is 0 Å². The topological polar surface area (TPSA) is 95.6 Å². The van der Waals surface area contributed by atoms with Crippen LogP contribution in [-0.2, 0) is 14.8 Å². The van der Waals surface area contributed by atoms with E-state index in [0.717, 1.165) is 17.4 Å². The molecule has 2 amide bonds. The molecule has 2 aromatic carbocycles. The molecule has 0 unspecified atom stereocenters. The summed E-state index contributed by atoms with van der Waals surface area (Å²) in [6.45, 7) is 0.147. The zero-order valence-electron chi connectivity index (χ0n) is 15.0. The van der Waals surface area contributed by atoms with Crippen LogP contribution in [0.25, 0.3) is 11.1 Å². The van der Waals surface area contributed by atoms with Crippen LogP contribution in [0.3, 0.4) is 0 Å². The molecule has 2 aromatic rings. The molecule has 2 aliphatic rings. The zero-order chi connectivity index (χ0) is 20.1. The van der Waals surface area contributed by atoms with Crippen molar-refractivity contribution in [3.63, 3.8) is 0 Å². The number of sulfonamides is 1. The zero-order valence-corrected chi connectivity index (χ0v) is 16.5. The summed E-state index contributed by atoms with van der Waals surface area (Å²) >= 11 is 5.94. The predicted molar refractivity (Wildman–Crippen MR) is 107 cm³/mol. The maximum atomic E-state index is 13.1. The lowest BCUT2D eigenvalue weighted by Crippen LogP contribution is -2.41. The third kappa shape index (κ3) is 3.63. The first-order valence-corrected chi connectivity index (χ1v) is 11.0. The Kier molecular flexibility index (Phi) is 4.65. The minimum Gasteiger partial charge on any atom is -0.325 e. The molecule has 4 rings (SSSR count). The lowest BCUT2D eigenvalue weighted by molar-refractivity contribution is -0.119. The largest absolute Gasteiger partial charge is 0.325 e. The van der Waals surface area contributed by atoms with Crippen LogP contribution in [0.1, 0.15) is 16.8 Å². The van der Waals surface area contributed by atoms with Gasteiger partial charge in [0.1, 0.15) is 6.04 Å². The summed E-state index contributed by atoms with van der Waals surface area (Å²) in [5, 5.41) is 3.41. The number of nitrogens with zero attached hydrogens (tertiary/aromatic N) is 1. The summed E-state index contributed by atoms with van der Waals surface area (Å²) in [6, 6.07) is 11.3. The molecule has 0 aromatic heterocycles. The fourth-order valence-electron chi connectivity index (χ4n) is 3.72. The van der Waals surface area contributed by atoms with Crippen molar-refractivity contribution >= 4 is 39.1 Å². The van der Waals surface area contributed by atoms with E-state index < -0.39 is 22.1 Å². The van der Waals surface area contributed by atoms with Gasteiger partial charge < -0.3 is 10.2 Å². The van der Waals surface area contributed by atoms with Crippen LogP contribution in [0, 0.1) is 0 Å². The SMILES string of the molecule is CS(=O)(=O)N[C@H]1C[C@H]2C(=O)Nc3ccc(-c4ccc(Cl)cc4)cc3C(=O)N2C1. The fourth-order valence-corrected chi connectivity index (χ4v) is 4.62. The van der Waals surface area contributed by atoms with Gasteiger partial charge in [0.2, 0.25) is 15.9 Å². The molecule has 0 spiro atoms. The van der Waals surface area contributed by atoms with Gasteiger partial charge in [-0.1, -0.05) is 29.8 Å². The van der Waals surface area contributed by atoms with Crippen LogP contribution in [0.5, 0.6) is 0 Å². The molecular weight excluding hydrogens is 402 g/mol. The highest BCUT2D eigenvalue weighted by molar-refractivity contribution is 7.88. The van der Waals surface area contributed by atoms with E-state index in [0.29, 0.717) is 16.3 Å². The molecule has 0 radical (unpaired) electrons. The third-order valence-corrected chi connectivity index (χ3v) is 5.94. The molecule has 7 nitrogen and oxygen atoms in total. The van der Waals surface area contributed by atoms with Gasteiger partial charge in [0.15, 0.2) is 0 Å². The second kappa shape index (κ2) is 6.88. The molecule has 146 valence electrons. The van der Waals surface area contributed by atoms with E-state index >= 15 is 0 Å². The summed E-state index contributed by atoms with van der Waals surface area (Å²) in [7, 11) is -3.43. The lowest BCUT2D eigenvalue weighted by Gasteiger charge is -2.20. The Morgan fingerprint density at radius 1 is 1.11 bits per heavy atom. The molecule has 2 N–H and O–H groups in total. The Labute approximate surface area is 167 Å². The first-order chi connectivity index (χ1) is 13.2. The second-order valence-electron chi connectivity index (χ2n) is 7.05. The van der Waals surface area contributed by atoms with Gasteiger partial charge in [-0.3, -0.25) is 9.59 Å². The van der Waals surface area contributed by atoms with E-state index in [1.54, 1.807) is 24.3 Å². The Balaban J connectivity index is 1.68. The van der Waals surface area contributed by atoms with Crippen molar-refractivity contribution in [1.29, 1.82) is 0 Å². The van der Waals surface area contributed by atoms with Crippen LogP contribution >= 0.6 is 11.6 Å².